The highest BCUT2D eigenvalue weighted by Gasteiger charge is 2.31. The molecule has 1 aromatic carbocycles. The number of nitrogens with one attached hydrogen (secondary N) is 3. The van der Waals surface area contributed by atoms with Crippen molar-refractivity contribution in [2.45, 2.75) is 37.6 Å². The van der Waals surface area contributed by atoms with Crippen molar-refractivity contribution in [2.24, 2.45) is 0 Å². The van der Waals surface area contributed by atoms with Gasteiger partial charge >= 0.3 is 0 Å². The van der Waals surface area contributed by atoms with Gasteiger partial charge in [0.25, 0.3) is 5.56 Å². The molecule has 0 spiro atoms. The standard InChI is InChI=1S/C19H27N5O3/c1-20-12-7-17(21-2)24(10-12)13-8-15-18(19(25)23-11-22-15)16(9-13)27-14-3-5-26-6-4-14/h8-9,11-12,14,17,20-21H,3-7,10H2,1-2H3,(H,22,23,25). The summed E-state index contributed by atoms with van der Waals surface area (Å²) in [6.07, 6.45) is 4.38. The molecule has 0 bridgehead atoms. The molecule has 146 valence electrons. The van der Waals surface area contributed by atoms with E-state index in [1.807, 2.05) is 26.2 Å². The highest BCUT2D eigenvalue weighted by molar-refractivity contribution is 5.88. The first-order chi connectivity index (χ1) is 13.2. The molecule has 0 radical (unpaired) electrons. The van der Waals surface area contributed by atoms with E-state index in [9.17, 15) is 4.79 Å². The van der Waals surface area contributed by atoms with E-state index in [1.165, 1.54) is 6.33 Å². The minimum Gasteiger partial charge on any atom is -0.489 e. The summed E-state index contributed by atoms with van der Waals surface area (Å²) in [5.41, 5.74) is 1.49. The Balaban J connectivity index is 1.74. The minimum absolute atomic E-state index is 0.0561. The molecule has 2 atom stereocenters. The largest absolute Gasteiger partial charge is 0.489 e. The summed E-state index contributed by atoms with van der Waals surface area (Å²) in [7, 11) is 3.96. The summed E-state index contributed by atoms with van der Waals surface area (Å²) in [5, 5.41) is 7.25. The molecule has 2 aliphatic rings. The summed E-state index contributed by atoms with van der Waals surface area (Å²) >= 11 is 0. The lowest BCUT2D eigenvalue weighted by molar-refractivity contribution is 0.0262. The van der Waals surface area contributed by atoms with Crippen LogP contribution in [0.5, 0.6) is 5.75 Å². The monoisotopic (exact) mass is 373 g/mol. The molecule has 2 saturated heterocycles. The molecular formula is C19H27N5O3. The molecule has 2 fully saturated rings. The summed E-state index contributed by atoms with van der Waals surface area (Å²) < 4.78 is 11.7. The molecule has 0 saturated carbocycles. The lowest BCUT2D eigenvalue weighted by Gasteiger charge is -2.28. The minimum atomic E-state index is -0.173. The number of H-pyrrole nitrogens is 1. The third-order valence-corrected chi connectivity index (χ3v) is 5.53. The van der Waals surface area contributed by atoms with Crippen LogP contribution in [0.2, 0.25) is 0 Å². The quantitative estimate of drug-likeness (QED) is 0.715. The van der Waals surface area contributed by atoms with Crippen LogP contribution in [0.3, 0.4) is 0 Å². The zero-order chi connectivity index (χ0) is 18.8. The van der Waals surface area contributed by atoms with Crippen LogP contribution >= 0.6 is 0 Å². The van der Waals surface area contributed by atoms with Crippen molar-refractivity contribution < 1.29 is 9.47 Å². The maximum absolute atomic E-state index is 12.5. The van der Waals surface area contributed by atoms with E-state index in [0.717, 1.165) is 31.5 Å². The van der Waals surface area contributed by atoms with Gasteiger partial charge in [-0.2, -0.15) is 0 Å². The molecule has 8 heteroatoms. The lowest BCUT2D eigenvalue weighted by atomic mass is 10.1. The number of ether oxygens (including phenoxy) is 2. The van der Waals surface area contributed by atoms with E-state index >= 15 is 0 Å². The van der Waals surface area contributed by atoms with Crippen LogP contribution in [0.15, 0.2) is 23.3 Å². The SMILES string of the molecule is CNC1CC(NC)N(c2cc(OC3CCOCC3)c3c(=O)[nH]cnc3c2)C1. The first kappa shape index (κ1) is 18.2. The van der Waals surface area contributed by atoms with Gasteiger partial charge in [0.15, 0.2) is 0 Å². The van der Waals surface area contributed by atoms with Gasteiger partial charge in [-0.15, -0.1) is 0 Å². The number of nitrogens with zero attached hydrogens (tertiary/aromatic N) is 2. The molecule has 3 N–H and O–H groups in total. The van der Waals surface area contributed by atoms with Gasteiger partial charge in [0.1, 0.15) is 17.2 Å². The van der Waals surface area contributed by atoms with Gasteiger partial charge < -0.3 is 30.0 Å². The summed E-state index contributed by atoms with van der Waals surface area (Å²) in [5.74, 6) is 0.603. The second-order valence-corrected chi connectivity index (χ2v) is 7.18. The second-order valence-electron chi connectivity index (χ2n) is 7.18. The first-order valence-corrected chi connectivity index (χ1v) is 9.56. The number of rotatable bonds is 5. The fourth-order valence-corrected chi connectivity index (χ4v) is 3.99. The number of likely N-dealkylation sites (N-methyl/N-ethyl adjacent to an activating group) is 1. The van der Waals surface area contributed by atoms with Crippen molar-refractivity contribution in [2.75, 3.05) is 38.8 Å². The highest BCUT2D eigenvalue weighted by Crippen LogP contribution is 2.33. The molecule has 1 aromatic heterocycles. The van der Waals surface area contributed by atoms with E-state index < -0.39 is 0 Å². The molecule has 2 aromatic rings. The number of anilines is 1. The zero-order valence-corrected chi connectivity index (χ0v) is 15.8. The Bertz CT molecular complexity index is 849. The van der Waals surface area contributed by atoms with E-state index in [1.54, 1.807) is 0 Å². The predicted molar refractivity (Wildman–Crippen MR) is 104 cm³/mol. The van der Waals surface area contributed by atoms with Crippen LogP contribution in [0.1, 0.15) is 19.3 Å². The van der Waals surface area contributed by atoms with Crippen LogP contribution in [0.25, 0.3) is 10.9 Å². The Hall–Kier alpha value is -2.16. The van der Waals surface area contributed by atoms with E-state index in [0.29, 0.717) is 35.9 Å². The van der Waals surface area contributed by atoms with Crippen molar-refractivity contribution in [3.05, 3.63) is 28.8 Å². The van der Waals surface area contributed by atoms with Crippen molar-refractivity contribution in [1.29, 1.82) is 0 Å². The van der Waals surface area contributed by atoms with Gasteiger partial charge in [-0.05, 0) is 26.6 Å². The number of benzene rings is 1. The van der Waals surface area contributed by atoms with Crippen molar-refractivity contribution in [3.63, 3.8) is 0 Å². The Labute approximate surface area is 158 Å². The second kappa shape index (κ2) is 7.84. The predicted octanol–water partition coefficient (Wildman–Crippen LogP) is 0.825. The van der Waals surface area contributed by atoms with Crippen molar-refractivity contribution in [3.8, 4) is 5.75 Å². The third kappa shape index (κ3) is 3.65. The maximum Gasteiger partial charge on any atom is 0.262 e. The topological polar surface area (TPSA) is 91.5 Å². The molecular weight excluding hydrogens is 346 g/mol. The molecule has 2 aliphatic heterocycles. The third-order valence-electron chi connectivity index (χ3n) is 5.53. The van der Waals surface area contributed by atoms with Gasteiger partial charge in [-0.1, -0.05) is 0 Å². The molecule has 0 aliphatic carbocycles. The van der Waals surface area contributed by atoms with Crippen LogP contribution in [-0.4, -0.2) is 62.1 Å². The first-order valence-electron chi connectivity index (χ1n) is 9.56. The van der Waals surface area contributed by atoms with Gasteiger partial charge in [-0.25, -0.2) is 4.98 Å². The van der Waals surface area contributed by atoms with E-state index in [4.69, 9.17) is 9.47 Å². The number of hydrogen-bond donors (Lipinski definition) is 3. The molecule has 3 heterocycles. The maximum atomic E-state index is 12.5. The highest BCUT2D eigenvalue weighted by atomic mass is 16.5. The smallest absolute Gasteiger partial charge is 0.262 e. The molecule has 4 rings (SSSR count). The van der Waals surface area contributed by atoms with Gasteiger partial charge in [0.2, 0.25) is 0 Å². The van der Waals surface area contributed by atoms with E-state index in [-0.39, 0.29) is 17.8 Å². The Morgan fingerprint density at radius 1 is 1.26 bits per heavy atom. The Morgan fingerprint density at radius 3 is 2.81 bits per heavy atom. The number of fused-ring (bicyclic) bond motifs is 1. The zero-order valence-electron chi connectivity index (χ0n) is 15.8. The molecule has 0 amide bonds. The van der Waals surface area contributed by atoms with Gasteiger partial charge in [-0.3, -0.25) is 4.79 Å². The number of aromatic amines is 1. The van der Waals surface area contributed by atoms with Crippen LogP contribution in [0.4, 0.5) is 5.69 Å². The van der Waals surface area contributed by atoms with Gasteiger partial charge in [0, 0.05) is 37.2 Å². The lowest BCUT2D eigenvalue weighted by Crippen LogP contribution is -2.39. The number of hydrogen-bond acceptors (Lipinski definition) is 7. The van der Waals surface area contributed by atoms with Crippen molar-refractivity contribution >= 4 is 16.6 Å². The molecule has 8 nitrogen and oxygen atoms in total. The van der Waals surface area contributed by atoms with Crippen LogP contribution in [0, 0.1) is 0 Å². The van der Waals surface area contributed by atoms with E-state index in [2.05, 4.69) is 25.5 Å². The Kier molecular flexibility index (Phi) is 5.29. The molecule has 27 heavy (non-hydrogen) atoms. The van der Waals surface area contributed by atoms with Crippen LogP contribution < -0.4 is 25.8 Å². The average molecular weight is 373 g/mol. The Morgan fingerprint density at radius 2 is 2.07 bits per heavy atom. The fourth-order valence-electron chi connectivity index (χ4n) is 3.99. The fraction of sp³-hybridized carbons (Fsp3) is 0.579. The average Bonchev–Trinajstić information content (AvgIpc) is 3.12. The summed E-state index contributed by atoms with van der Waals surface area (Å²) in [6, 6.07) is 4.37. The van der Waals surface area contributed by atoms with Crippen LogP contribution in [-0.2, 0) is 4.74 Å². The summed E-state index contributed by atoms with van der Waals surface area (Å²) in [4.78, 5) is 21.8. The molecule has 2 unspecified atom stereocenters. The van der Waals surface area contributed by atoms with Gasteiger partial charge in [0.05, 0.1) is 31.2 Å². The normalized spacial score (nSPS) is 23.9. The summed E-state index contributed by atoms with van der Waals surface area (Å²) in [6.45, 7) is 2.26. The van der Waals surface area contributed by atoms with Crippen molar-refractivity contribution in [1.82, 2.24) is 20.6 Å². The number of aromatic nitrogens is 2.